The minimum absolute atomic E-state index is 0.0540. The molecule has 0 bridgehead atoms. The number of nitrogens with zero attached hydrogens (tertiary/aromatic N) is 1. The Kier molecular flexibility index (Phi) is 7.03. The molecule has 2 rings (SSSR count). The number of carboxylic acid groups (broad SMARTS) is 1. The first-order valence-electron chi connectivity index (χ1n) is 7.80. The van der Waals surface area contributed by atoms with Crippen LogP contribution in [-0.4, -0.2) is 66.3 Å². The molecule has 0 radical (unpaired) electrons. The molecule has 25 heavy (non-hydrogen) atoms. The molecule has 1 aromatic rings. The van der Waals surface area contributed by atoms with E-state index in [1.807, 2.05) is 0 Å². The van der Waals surface area contributed by atoms with Gasteiger partial charge in [0.1, 0.15) is 5.75 Å². The Morgan fingerprint density at radius 1 is 1.44 bits per heavy atom. The monoisotopic (exact) mass is 416 g/mol. The van der Waals surface area contributed by atoms with E-state index in [9.17, 15) is 14.7 Å². The zero-order valence-electron chi connectivity index (χ0n) is 13.8. The van der Waals surface area contributed by atoms with Crippen LogP contribution in [0.5, 0.6) is 5.75 Å². The van der Waals surface area contributed by atoms with Crippen LogP contribution in [0, 0.1) is 0 Å². The maximum Gasteiger partial charge on any atom is 0.407 e. The Morgan fingerprint density at radius 2 is 2.20 bits per heavy atom. The number of likely N-dealkylation sites (tertiary alicyclic amines) is 1. The summed E-state index contributed by atoms with van der Waals surface area (Å²) in [6.45, 7) is 0.484. The minimum Gasteiger partial charge on any atom is -0.466 e. The van der Waals surface area contributed by atoms with Gasteiger partial charge in [0.2, 0.25) is 0 Å². The molecule has 2 atom stereocenters. The van der Waals surface area contributed by atoms with Gasteiger partial charge in [-0.25, -0.2) is 4.79 Å². The second-order valence-corrected chi connectivity index (χ2v) is 6.57. The van der Waals surface area contributed by atoms with Gasteiger partial charge in [-0.05, 0) is 47.0 Å². The van der Waals surface area contributed by atoms with Crippen molar-refractivity contribution in [3.05, 3.63) is 28.2 Å². The number of methoxy groups -OCH3 is 1. The fraction of sp³-hybridized carbons (Fsp3) is 0.500. The number of carbonyl (C=O) groups excluding carboxylic acids is 1. The molecular formula is C16H21BrN2O6. The van der Waals surface area contributed by atoms with Gasteiger partial charge in [0.05, 0.1) is 16.6 Å². The first-order chi connectivity index (χ1) is 11.9. The number of amides is 2. The summed E-state index contributed by atoms with van der Waals surface area (Å²) in [5, 5.41) is 22.0. The average Bonchev–Trinajstić information content (AvgIpc) is 2.76. The Labute approximate surface area is 153 Å². The fourth-order valence-corrected chi connectivity index (χ4v) is 3.08. The van der Waals surface area contributed by atoms with E-state index in [-0.39, 0.29) is 13.3 Å². The van der Waals surface area contributed by atoms with Crippen LogP contribution in [0.25, 0.3) is 0 Å². The largest absolute Gasteiger partial charge is 0.466 e. The van der Waals surface area contributed by atoms with Gasteiger partial charge in [-0.2, -0.15) is 0 Å². The smallest absolute Gasteiger partial charge is 0.407 e. The highest BCUT2D eigenvalue weighted by Crippen LogP contribution is 2.26. The van der Waals surface area contributed by atoms with Gasteiger partial charge < -0.3 is 29.9 Å². The third-order valence-corrected chi connectivity index (χ3v) is 4.54. The molecule has 0 aromatic heterocycles. The second kappa shape index (κ2) is 9.02. The number of ether oxygens (including phenoxy) is 2. The van der Waals surface area contributed by atoms with E-state index in [0.29, 0.717) is 35.2 Å². The van der Waals surface area contributed by atoms with Crippen molar-refractivity contribution in [1.82, 2.24) is 10.2 Å². The van der Waals surface area contributed by atoms with Crippen molar-refractivity contribution in [2.45, 2.75) is 25.0 Å². The summed E-state index contributed by atoms with van der Waals surface area (Å²) < 4.78 is 10.7. The molecule has 3 N–H and O–H groups in total. The van der Waals surface area contributed by atoms with Crippen LogP contribution in [0.4, 0.5) is 4.79 Å². The van der Waals surface area contributed by atoms with Crippen molar-refractivity contribution in [1.29, 1.82) is 0 Å². The van der Waals surface area contributed by atoms with E-state index in [1.54, 1.807) is 18.2 Å². The van der Waals surface area contributed by atoms with Crippen LogP contribution in [0.2, 0.25) is 0 Å². The molecule has 1 fully saturated rings. The van der Waals surface area contributed by atoms with Gasteiger partial charge in [-0.3, -0.25) is 4.79 Å². The summed E-state index contributed by atoms with van der Waals surface area (Å²) in [6.07, 6.45) is -0.865. The molecule has 0 aliphatic carbocycles. The lowest BCUT2D eigenvalue weighted by Crippen LogP contribution is -2.49. The molecule has 0 spiro atoms. The Balaban J connectivity index is 2.06. The van der Waals surface area contributed by atoms with Crippen LogP contribution in [0.3, 0.4) is 0 Å². The predicted octanol–water partition coefficient (Wildman–Crippen LogP) is 1.66. The minimum atomic E-state index is -1.06. The van der Waals surface area contributed by atoms with Crippen molar-refractivity contribution in [3.8, 4) is 5.75 Å². The summed E-state index contributed by atoms with van der Waals surface area (Å²) >= 11 is 3.33. The number of aliphatic hydroxyl groups excluding tert-OH is 1. The van der Waals surface area contributed by atoms with Crippen LogP contribution < -0.4 is 10.1 Å². The molecule has 1 heterocycles. The van der Waals surface area contributed by atoms with E-state index in [4.69, 9.17) is 14.6 Å². The van der Waals surface area contributed by atoms with E-state index >= 15 is 0 Å². The quantitative estimate of drug-likeness (QED) is 0.629. The third kappa shape index (κ3) is 5.32. The summed E-state index contributed by atoms with van der Waals surface area (Å²) in [7, 11) is 1.51. The van der Waals surface area contributed by atoms with Gasteiger partial charge in [0.25, 0.3) is 5.91 Å². The van der Waals surface area contributed by atoms with Gasteiger partial charge in [0, 0.05) is 25.8 Å². The van der Waals surface area contributed by atoms with Crippen molar-refractivity contribution < 1.29 is 29.3 Å². The predicted molar refractivity (Wildman–Crippen MR) is 92.7 cm³/mol. The maximum absolute atomic E-state index is 12.5. The molecule has 1 aliphatic rings. The second-order valence-electron chi connectivity index (χ2n) is 5.71. The van der Waals surface area contributed by atoms with Crippen molar-refractivity contribution in [2.75, 3.05) is 27.0 Å². The normalized spacial score (nSPS) is 20.7. The lowest BCUT2D eigenvalue weighted by molar-refractivity contribution is 0.0505. The van der Waals surface area contributed by atoms with E-state index in [2.05, 4.69) is 21.2 Å². The number of nitrogens with one attached hydrogen (secondary N) is 1. The number of carbonyl (C=O) groups is 2. The maximum atomic E-state index is 12.5. The number of hydrogen-bond acceptors (Lipinski definition) is 5. The van der Waals surface area contributed by atoms with Gasteiger partial charge in [-0.1, -0.05) is 0 Å². The Bertz CT molecular complexity index is 627. The molecule has 1 aromatic carbocycles. The first kappa shape index (κ1) is 19.5. The lowest BCUT2D eigenvalue weighted by atomic mass is 10.1. The van der Waals surface area contributed by atoms with Gasteiger partial charge in [-0.15, -0.1) is 0 Å². The Hall–Kier alpha value is -1.84. The molecule has 1 saturated heterocycles. The van der Waals surface area contributed by atoms with Gasteiger partial charge in [0.15, 0.2) is 6.79 Å². The third-order valence-electron chi connectivity index (χ3n) is 3.92. The summed E-state index contributed by atoms with van der Waals surface area (Å²) in [5.41, 5.74) is 0.370. The molecule has 0 saturated carbocycles. The number of aliphatic hydroxyl groups is 1. The number of hydrogen-bond donors (Lipinski definition) is 3. The summed E-state index contributed by atoms with van der Waals surface area (Å²) in [5.74, 6) is 0.139. The van der Waals surface area contributed by atoms with E-state index < -0.39 is 24.1 Å². The molecule has 138 valence electrons. The zero-order valence-corrected chi connectivity index (χ0v) is 15.4. The standard InChI is InChI=1S/C16H21BrN2O6/c1-24-9-25-14-5-4-10(7-11(14)17)15(21)18-12-8-19(16(22)23)6-2-3-13(12)20/h4-5,7,12-13,20H,2-3,6,8-9H2,1H3,(H,18,21)(H,22,23)/t12-,13-/m1/s1. The van der Waals surface area contributed by atoms with Crippen LogP contribution >= 0.6 is 15.9 Å². The summed E-state index contributed by atoms with van der Waals surface area (Å²) in [4.78, 5) is 24.8. The van der Waals surface area contributed by atoms with E-state index in [1.165, 1.54) is 12.0 Å². The molecule has 0 unspecified atom stereocenters. The topological polar surface area (TPSA) is 108 Å². The Morgan fingerprint density at radius 3 is 2.84 bits per heavy atom. The van der Waals surface area contributed by atoms with Crippen LogP contribution in [0.15, 0.2) is 22.7 Å². The zero-order chi connectivity index (χ0) is 18.4. The van der Waals surface area contributed by atoms with Gasteiger partial charge >= 0.3 is 6.09 Å². The van der Waals surface area contributed by atoms with E-state index in [0.717, 1.165) is 0 Å². The molecule has 1 aliphatic heterocycles. The number of halogens is 1. The van der Waals surface area contributed by atoms with Crippen LogP contribution in [-0.2, 0) is 4.74 Å². The number of benzene rings is 1. The fourth-order valence-electron chi connectivity index (χ4n) is 2.59. The first-order valence-corrected chi connectivity index (χ1v) is 8.59. The SMILES string of the molecule is COCOc1ccc(C(=O)N[C@@H]2CN(C(=O)O)CCC[C@H]2O)cc1Br. The highest BCUT2D eigenvalue weighted by Gasteiger charge is 2.29. The van der Waals surface area contributed by atoms with Crippen molar-refractivity contribution >= 4 is 27.9 Å². The van der Waals surface area contributed by atoms with Crippen molar-refractivity contribution in [2.24, 2.45) is 0 Å². The average molecular weight is 417 g/mol. The highest BCUT2D eigenvalue weighted by molar-refractivity contribution is 9.10. The molecular weight excluding hydrogens is 396 g/mol. The number of rotatable bonds is 5. The molecule has 9 heteroatoms. The molecule has 2 amide bonds. The lowest BCUT2D eigenvalue weighted by Gasteiger charge is -2.25. The van der Waals surface area contributed by atoms with Crippen molar-refractivity contribution in [3.63, 3.8) is 0 Å². The molecule has 8 nitrogen and oxygen atoms in total. The van der Waals surface area contributed by atoms with Crippen LogP contribution in [0.1, 0.15) is 23.2 Å². The summed E-state index contributed by atoms with van der Waals surface area (Å²) in [6, 6.07) is 4.15. The highest BCUT2D eigenvalue weighted by atomic mass is 79.9.